The van der Waals surface area contributed by atoms with Gasteiger partial charge in [0.15, 0.2) is 0 Å². The van der Waals surface area contributed by atoms with Crippen molar-refractivity contribution in [1.82, 2.24) is 10.6 Å². The van der Waals surface area contributed by atoms with Crippen molar-refractivity contribution in [1.29, 1.82) is 0 Å². The third kappa shape index (κ3) is 9.72. The first-order valence-corrected chi connectivity index (χ1v) is 4.59. The van der Waals surface area contributed by atoms with Crippen LogP contribution in [0.2, 0.25) is 0 Å². The zero-order valence-electron chi connectivity index (χ0n) is 8.25. The van der Waals surface area contributed by atoms with Gasteiger partial charge >= 0.3 is 0 Å². The van der Waals surface area contributed by atoms with Gasteiger partial charge < -0.3 is 26.2 Å². The van der Waals surface area contributed by atoms with Crippen molar-refractivity contribution in [2.75, 3.05) is 46.4 Å². The Morgan fingerprint density at radius 1 is 1.31 bits per heavy atom. The van der Waals surface area contributed by atoms with E-state index >= 15 is 0 Å². The summed E-state index contributed by atoms with van der Waals surface area (Å²) in [6.45, 7) is 4.15. The second kappa shape index (κ2) is 9.88. The van der Waals surface area contributed by atoms with Gasteiger partial charge in [-0.3, -0.25) is 0 Å². The number of methoxy groups -OCH3 is 1. The Balaban J connectivity index is 2.97. The van der Waals surface area contributed by atoms with Crippen LogP contribution < -0.4 is 16.4 Å². The lowest BCUT2D eigenvalue weighted by Gasteiger charge is -2.10. The normalized spacial score (nSPS) is 13.2. The molecule has 5 nitrogen and oxygen atoms in total. The number of aliphatic hydroxyl groups excluding tert-OH is 1. The molecule has 5 heteroatoms. The minimum absolute atomic E-state index is 0.378. The van der Waals surface area contributed by atoms with Gasteiger partial charge in [-0.1, -0.05) is 0 Å². The first-order chi connectivity index (χ1) is 6.31. The molecule has 0 aliphatic carbocycles. The Kier molecular flexibility index (Phi) is 9.73. The Labute approximate surface area is 79.6 Å². The predicted molar refractivity (Wildman–Crippen MR) is 52.7 cm³/mol. The number of nitrogens with two attached hydrogens (primary N) is 1. The molecule has 80 valence electrons. The van der Waals surface area contributed by atoms with Crippen LogP contribution in [-0.4, -0.2) is 57.7 Å². The summed E-state index contributed by atoms with van der Waals surface area (Å²) in [6, 6.07) is 0. The summed E-state index contributed by atoms with van der Waals surface area (Å²) in [5.74, 6) is 0. The van der Waals surface area contributed by atoms with E-state index in [-0.39, 0.29) is 0 Å². The van der Waals surface area contributed by atoms with Gasteiger partial charge in [-0.25, -0.2) is 0 Å². The predicted octanol–water partition coefficient (Wildman–Crippen LogP) is -1.87. The van der Waals surface area contributed by atoms with E-state index in [9.17, 15) is 5.11 Å². The Morgan fingerprint density at radius 2 is 2.00 bits per heavy atom. The van der Waals surface area contributed by atoms with Crippen molar-refractivity contribution in [3.8, 4) is 0 Å². The van der Waals surface area contributed by atoms with Crippen LogP contribution in [0.4, 0.5) is 0 Å². The summed E-state index contributed by atoms with van der Waals surface area (Å²) in [7, 11) is 1.58. The van der Waals surface area contributed by atoms with E-state index in [1.165, 1.54) is 0 Å². The summed E-state index contributed by atoms with van der Waals surface area (Å²) >= 11 is 0. The van der Waals surface area contributed by atoms with Gasteiger partial charge in [-0.2, -0.15) is 0 Å². The Bertz CT molecular complexity index is 103. The zero-order valence-corrected chi connectivity index (χ0v) is 8.25. The summed E-state index contributed by atoms with van der Waals surface area (Å²) in [6.07, 6.45) is -0.417. The number of aliphatic hydroxyl groups is 1. The first-order valence-electron chi connectivity index (χ1n) is 4.59. The quantitative estimate of drug-likeness (QED) is 0.321. The maximum absolute atomic E-state index is 9.22. The molecule has 0 aliphatic rings. The van der Waals surface area contributed by atoms with Crippen molar-refractivity contribution in [2.24, 2.45) is 5.73 Å². The summed E-state index contributed by atoms with van der Waals surface area (Å²) in [5, 5.41) is 15.5. The number of hydrogen-bond donors (Lipinski definition) is 4. The van der Waals surface area contributed by atoms with Gasteiger partial charge in [0.1, 0.15) is 0 Å². The van der Waals surface area contributed by atoms with E-state index in [4.69, 9.17) is 10.5 Å². The second-order valence-electron chi connectivity index (χ2n) is 2.85. The summed E-state index contributed by atoms with van der Waals surface area (Å²) in [5.41, 5.74) is 5.29. The Morgan fingerprint density at radius 3 is 2.62 bits per heavy atom. The lowest BCUT2D eigenvalue weighted by Crippen LogP contribution is -2.35. The van der Waals surface area contributed by atoms with E-state index in [0.29, 0.717) is 19.7 Å². The zero-order chi connectivity index (χ0) is 9.94. The topological polar surface area (TPSA) is 79.5 Å². The van der Waals surface area contributed by atoms with Crippen LogP contribution in [0.25, 0.3) is 0 Å². The number of hydrogen-bond acceptors (Lipinski definition) is 5. The molecular formula is C8H21N3O2. The van der Waals surface area contributed by atoms with Gasteiger partial charge in [0, 0.05) is 39.8 Å². The van der Waals surface area contributed by atoms with Gasteiger partial charge in [0.05, 0.1) is 12.7 Å². The van der Waals surface area contributed by atoms with E-state index in [1.54, 1.807) is 7.11 Å². The second-order valence-corrected chi connectivity index (χ2v) is 2.85. The number of rotatable bonds is 9. The maximum Gasteiger partial charge on any atom is 0.0897 e. The number of nitrogens with one attached hydrogen (secondary N) is 2. The van der Waals surface area contributed by atoms with E-state index < -0.39 is 6.10 Å². The summed E-state index contributed by atoms with van der Waals surface area (Å²) < 4.78 is 4.78. The van der Waals surface area contributed by atoms with E-state index in [1.807, 2.05) is 0 Å². The molecule has 0 spiro atoms. The monoisotopic (exact) mass is 191 g/mol. The van der Waals surface area contributed by atoms with Crippen LogP contribution in [0.15, 0.2) is 0 Å². The van der Waals surface area contributed by atoms with Crippen LogP contribution in [-0.2, 0) is 4.74 Å². The lowest BCUT2D eigenvalue weighted by molar-refractivity contribution is 0.0648. The lowest BCUT2D eigenvalue weighted by atomic mass is 10.4. The molecule has 0 rings (SSSR count). The molecule has 0 amide bonds. The largest absolute Gasteiger partial charge is 0.389 e. The smallest absolute Gasteiger partial charge is 0.0897 e. The Hall–Kier alpha value is -0.200. The highest BCUT2D eigenvalue weighted by Crippen LogP contribution is 1.79. The minimum atomic E-state index is -0.417. The van der Waals surface area contributed by atoms with Crippen molar-refractivity contribution in [3.05, 3.63) is 0 Å². The highest BCUT2D eigenvalue weighted by Gasteiger charge is 2.00. The van der Waals surface area contributed by atoms with Crippen molar-refractivity contribution in [2.45, 2.75) is 6.10 Å². The molecule has 0 aliphatic heterocycles. The van der Waals surface area contributed by atoms with Crippen LogP contribution >= 0.6 is 0 Å². The van der Waals surface area contributed by atoms with Crippen LogP contribution in [0, 0.1) is 0 Å². The molecular weight excluding hydrogens is 170 g/mol. The van der Waals surface area contributed by atoms with Gasteiger partial charge in [0.25, 0.3) is 0 Å². The minimum Gasteiger partial charge on any atom is -0.389 e. The molecule has 0 saturated heterocycles. The fraction of sp³-hybridized carbons (Fsp3) is 1.00. The molecule has 1 unspecified atom stereocenters. The average molecular weight is 191 g/mol. The molecule has 13 heavy (non-hydrogen) atoms. The highest BCUT2D eigenvalue weighted by molar-refractivity contribution is 4.59. The van der Waals surface area contributed by atoms with E-state index in [2.05, 4.69) is 10.6 Å². The summed E-state index contributed by atoms with van der Waals surface area (Å²) in [4.78, 5) is 0. The third-order valence-electron chi connectivity index (χ3n) is 1.54. The van der Waals surface area contributed by atoms with Crippen LogP contribution in [0.5, 0.6) is 0 Å². The molecule has 5 N–H and O–H groups in total. The maximum atomic E-state index is 9.22. The molecule has 0 heterocycles. The van der Waals surface area contributed by atoms with Gasteiger partial charge in [-0.05, 0) is 0 Å². The van der Waals surface area contributed by atoms with Gasteiger partial charge in [-0.15, -0.1) is 0 Å². The van der Waals surface area contributed by atoms with Crippen molar-refractivity contribution >= 4 is 0 Å². The van der Waals surface area contributed by atoms with Crippen molar-refractivity contribution < 1.29 is 9.84 Å². The number of ether oxygens (including phenoxy) is 1. The fourth-order valence-electron chi connectivity index (χ4n) is 0.924. The molecule has 0 aromatic heterocycles. The standard InChI is InChI=1S/C8H21N3O2/c1-13-7-8(12)6-11-5-4-10-3-2-9/h8,10-12H,2-7,9H2,1H3. The third-order valence-corrected chi connectivity index (χ3v) is 1.54. The van der Waals surface area contributed by atoms with Crippen LogP contribution in [0.1, 0.15) is 0 Å². The molecule has 0 bridgehead atoms. The fourth-order valence-corrected chi connectivity index (χ4v) is 0.924. The molecule has 0 saturated carbocycles. The molecule has 0 radical (unpaired) electrons. The van der Waals surface area contributed by atoms with Crippen LogP contribution in [0.3, 0.4) is 0 Å². The van der Waals surface area contributed by atoms with Crippen molar-refractivity contribution in [3.63, 3.8) is 0 Å². The van der Waals surface area contributed by atoms with E-state index in [0.717, 1.165) is 19.6 Å². The molecule has 0 aromatic rings. The average Bonchev–Trinajstić information content (AvgIpc) is 2.11. The molecule has 0 aromatic carbocycles. The first kappa shape index (κ1) is 12.8. The molecule has 0 fully saturated rings. The molecule has 1 atom stereocenters. The van der Waals surface area contributed by atoms with Gasteiger partial charge in [0.2, 0.25) is 0 Å². The highest BCUT2D eigenvalue weighted by atomic mass is 16.5. The SMILES string of the molecule is COCC(O)CNCCNCCN.